The van der Waals surface area contributed by atoms with Crippen molar-refractivity contribution in [3.8, 4) is 0 Å². The number of carbonyl (C=O) groups excluding carboxylic acids is 1. The second-order valence-electron chi connectivity index (χ2n) is 4.72. The summed E-state index contributed by atoms with van der Waals surface area (Å²) in [7, 11) is 0. The summed E-state index contributed by atoms with van der Waals surface area (Å²) in [6.45, 7) is 2.68. The number of rotatable bonds is 6. The van der Waals surface area contributed by atoms with Crippen molar-refractivity contribution in [2.45, 2.75) is 32.6 Å². The number of benzene rings is 2. The van der Waals surface area contributed by atoms with E-state index in [1.165, 1.54) is 12.8 Å². The molecular formula is C17H20NdO2. The first-order chi connectivity index (χ1) is 9.33. The largest absolute Gasteiger partial charge is 0.462 e. The van der Waals surface area contributed by atoms with Crippen LogP contribution in [-0.4, -0.2) is 12.6 Å². The Kier molecular flexibility index (Phi) is 8.31. The van der Waals surface area contributed by atoms with Crippen molar-refractivity contribution >= 4 is 16.7 Å². The van der Waals surface area contributed by atoms with Crippen LogP contribution in [0.25, 0.3) is 10.8 Å². The van der Waals surface area contributed by atoms with Crippen LogP contribution in [0, 0.1) is 40.8 Å². The maximum atomic E-state index is 12.1. The first kappa shape index (κ1) is 17.6. The van der Waals surface area contributed by atoms with Crippen LogP contribution < -0.4 is 0 Å². The summed E-state index contributed by atoms with van der Waals surface area (Å²) in [6, 6.07) is 13.6. The Morgan fingerprint density at radius 3 is 2.55 bits per heavy atom. The van der Waals surface area contributed by atoms with Gasteiger partial charge in [0.25, 0.3) is 0 Å². The Hall–Kier alpha value is -0.479. The SMILES string of the molecule is CCCCCCOC(=O)c1cccc2ccccc12.[Nd]. The van der Waals surface area contributed by atoms with Crippen LogP contribution in [0.3, 0.4) is 0 Å². The van der Waals surface area contributed by atoms with Crippen molar-refractivity contribution < 1.29 is 50.4 Å². The van der Waals surface area contributed by atoms with Gasteiger partial charge in [-0.15, -0.1) is 0 Å². The van der Waals surface area contributed by atoms with E-state index in [9.17, 15) is 4.79 Å². The summed E-state index contributed by atoms with van der Waals surface area (Å²) < 4.78 is 5.34. The molecule has 0 atom stereocenters. The van der Waals surface area contributed by atoms with Gasteiger partial charge in [0, 0.05) is 40.8 Å². The Balaban J connectivity index is 0.00000200. The molecule has 104 valence electrons. The van der Waals surface area contributed by atoms with Crippen LogP contribution >= 0.6 is 0 Å². The topological polar surface area (TPSA) is 26.3 Å². The third-order valence-corrected chi connectivity index (χ3v) is 3.24. The van der Waals surface area contributed by atoms with Gasteiger partial charge in [-0.05, 0) is 23.3 Å². The molecule has 0 saturated heterocycles. The van der Waals surface area contributed by atoms with Gasteiger partial charge in [-0.1, -0.05) is 62.6 Å². The molecule has 0 unspecified atom stereocenters. The van der Waals surface area contributed by atoms with E-state index < -0.39 is 0 Å². The van der Waals surface area contributed by atoms with Crippen LogP contribution in [0.2, 0.25) is 0 Å². The zero-order valence-corrected chi connectivity index (χ0v) is 15.1. The van der Waals surface area contributed by atoms with Crippen molar-refractivity contribution in [1.82, 2.24) is 0 Å². The number of unbranched alkanes of at least 4 members (excludes halogenated alkanes) is 3. The molecule has 0 bridgehead atoms. The molecule has 3 heteroatoms. The summed E-state index contributed by atoms with van der Waals surface area (Å²) in [5, 5.41) is 2.03. The van der Waals surface area contributed by atoms with Crippen molar-refractivity contribution in [2.75, 3.05) is 6.61 Å². The van der Waals surface area contributed by atoms with E-state index in [1.54, 1.807) is 0 Å². The van der Waals surface area contributed by atoms with Gasteiger partial charge in [0.2, 0.25) is 0 Å². The molecule has 0 spiro atoms. The number of hydrogen-bond acceptors (Lipinski definition) is 2. The maximum absolute atomic E-state index is 12.1. The fraction of sp³-hybridized carbons (Fsp3) is 0.353. The van der Waals surface area contributed by atoms with Crippen LogP contribution in [-0.2, 0) is 4.74 Å². The van der Waals surface area contributed by atoms with Crippen molar-refractivity contribution in [2.24, 2.45) is 0 Å². The van der Waals surface area contributed by atoms with Crippen molar-refractivity contribution in [3.63, 3.8) is 0 Å². The molecule has 2 aromatic rings. The molecule has 2 nitrogen and oxygen atoms in total. The maximum Gasteiger partial charge on any atom is 0.338 e. The molecule has 20 heavy (non-hydrogen) atoms. The molecule has 0 aliphatic carbocycles. The average molecular weight is 401 g/mol. The predicted molar refractivity (Wildman–Crippen MR) is 78.4 cm³/mol. The predicted octanol–water partition coefficient (Wildman–Crippen LogP) is 4.58. The quantitative estimate of drug-likeness (QED) is 0.524. The monoisotopic (exact) mass is 398 g/mol. The Morgan fingerprint density at radius 1 is 1.00 bits per heavy atom. The van der Waals surface area contributed by atoms with Gasteiger partial charge in [-0.3, -0.25) is 0 Å². The molecule has 0 aliphatic rings. The van der Waals surface area contributed by atoms with Crippen LogP contribution in [0.15, 0.2) is 42.5 Å². The summed E-state index contributed by atoms with van der Waals surface area (Å²) in [6.07, 6.45) is 4.47. The number of esters is 1. The van der Waals surface area contributed by atoms with E-state index in [2.05, 4.69) is 6.92 Å². The number of ether oxygens (including phenoxy) is 1. The molecule has 2 rings (SSSR count). The molecule has 0 radical (unpaired) electrons. The van der Waals surface area contributed by atoms with Crippen molar-refractivity contribution in [1.29, 1.82) is 0 Å². The van der Waals surface area contributed by atoms with Gasteiger partial charge in [-0.2, -0.15) is 0 Å². The Morgan fingerprint density at radius 2 is 1.75 bits per heavy atom. The number of fused-ring (bicyclic) bond motifs is 1. The first-order valence-electron chi connectivity index (χ1n) is 6.98. The normalized spacial score (nSPS) is 10.1. The van der Waals surface area contributed by atoms with Crippen LogP contribution in [0.5, 0.6) is 0 Å². The standard InChI is InChI=1S/C17H20O2.Nd/c1-2-3-4-7-13-19-17(18)16-12-8-10-14-9-5-6-11-15(14)16;/h5-6,8-12H,2-4,7,13H2,1H3;. The summed E-state index contributed by atoms with van der Waals surface area (Å²) in [5.41, 5.74) is 0.661. The molecule has 0 heterocycles. The van der Waals surface area contributed by atoms with Gasteiger partial charge in [0.1, 0.15) is 0 Å². The van der Waals surface area contributed by atoms with Gasteiger partial charge in [0.15, 0.2) is 0 Å². The third kappa shape index (κ3) is 4.81. The summed E-state index contributed by atoms with van der Waals surface area (Å²) >= 11 is 0. The fourth-order valence-electron chi connectivity index (χ4n) is 2.17. The Bertz CT molecular complexity index is 546. The summed E-state index contributed by atoms with van der Waals surface area (Å²) in [5.74, 6) is -0.215. The second kappa shape index (κ2) is 9.46. The molecular weight excluding hydrogens is 380 g/mol. The average Bonchev–Trinajstić information content (AvgIpc) is 2.46. The molecule has 0 aromatic heterocycles. The molecule has 0 saturated carbocycles. The van der Waals surface area contributed by atoms with E-state index in [1.807, 2.05) is 42.5 Å². The van der Waals surface area contributed by atoms with E-state index in [0.29, 0.717) is 12.2 Å². The van der Waals surface area contributed by atoms with E-state index in [4.69, 9.17) is 4.74 Å². The molecule has 0 aliphatic heterocycles. The van der Waals surface area contributed by atoms with Crippen LogP contribution in [0.4, 0.5) is 0 Å². The Labute approximate surface area is 153 Å². The van der Waals surface area contributed by atoms with Gasteiger partial charge in [0.05, 0.1) is 12.2 Å². The number of carbonyl (C=O) groups is 1. The van der Waals surface area contributed by atoms with Gasteiger partial charge in [-0.25, -0.2) is 4.79 Å². The zero-order valence-electron chi connectivity index (χ0n) is 11.9. The smallest absolute Gasteiger partial charge is 0.338 e. The minimum atomic E-state index is -0.215. The van der Waals surface area contributed by atoms with Gasteiger partial charge < -0.3 is 4.74 Å². The molecule has 0 fully saturated rings. The van der Waals surface area contributed by atoms with E-state index in [-0.39, 0.29) is 46.8 Å². The zero-order chi connectivity index (χ0) is 13.5. The summed E-state index contributed by atoms with van der Waals surface area (Å²) in [4.78, 5) is 12.1. The van der Waals surface area contributed by atoms with E-state index >= 15 is 0 Å². The molecule has 2 aromatic carbocycles. The first-order valence-corrected chi connectivity index (χ1v) is 6.98. The molecule has 0 N–H and O–H groups in total. The van der Waals surface area contributed by atoms with Crippen molar-refractivity contribution in [3.05, 3.63) is 48.0 Å². The van der Waals surface area contributed by atoms with Gasteiger partial charge >= 0.3 is 5.97 Å². The minimum Gasteiger partial charge on any atom is -0.462 e. The van der Waals surface area contributed by atoms with Crippen LogP contribution in [0.1, 0.15) is 43.0 Å². The minimum absolute atomic E-state index is 0. The fourth-order valence-corrected chi connectivity index (χ4v) is 2.17. The van der Waals surface area contributed by atoms with E-state index in [0.717, 1.165) is 23.6 Å². The third-order valence-electron chi connectivity index (χ3n) is 3.24. The second-order valence-corrected chi connectivity index (χ2v) is 4.72. The molecule has 0 amide bonds. The number of hydrogen-bond donors (Lipinski definition) is 0.